The topological polar surface area (TPSA) is 75.7 Å². The van der Waals surface area contributed by atoms with Crippen molar-refractivity contribution in [3.05, 3.63) is 54.1 Å². The number of aryl methyl sites for hydroxylation is 1. The van der Waals surface area contributed by atoms with E-state index < -0.39 is 5.25 Å². The van der Waals surface area contributed by atoms with Crippen LogP contribution in [0.15, 0.2) is 48.5 Å². The molecule has 0 bridgehead atoms. The molecule has 0 aliphatic carbocycles. The van der Waals surface area contributed by atoms with Gasteiger partial charge in [-0.15, -0.1) is 11.8 Å². The quantitative estimate of drug-likeness (QED) is 0.775. The van der Waals surface area contributed by atoms with E-state index in [1.807, 2.05) is 25.1 Å². The summed E-state index contributed by atoms with van der Waals surface area (Å²) in [5.74, 6) is -0.138. The predicted molar refractivity (Wildman–Crippen MR) is 106 cm³/mol. The lowest BCUT2D eigenvalue weighted by atomic mass is 10.2. The number of imide groups is 1. The summed E-state index contributed by atoms with van der Waals surface area (Å²) in [4.78, 5) is 38.3. The largest absolute Gasteiger partial charge is 0.495 e. The molecule has 1 unspecified atom stereocenters. The van der Waals surface area contributed by atoms with Gasteiger partial charge in [-0.05, 0) is 31.2 Å². The van der Waals surface area contributed by atoms with E-state index in [9.17, 15) is 14.4 Å². The molecule has 140 valence electrons. The maximum absolute atomic E-state index is 12.6. The van der Waals surface area contributed by atoms with Crippen LogP contribution in [0.25, 0.3) is 0 Å². The zero-order valence-electron chi connectivity index (χ0n) is 15.1. The van der Waals surface area contributed by atoms with Gasteiger partial charge in [-0.3, -0.25) is 14.4 Å². The molecule has 0 radical (unpaired) electrons. The zero-order valence-corrected chi connectivity index (χ0v) is 15.9. The monoisotopic (exact) mass is 384 g/mol. The first kappa shape index (κ1) is 19.0. The van der Waals surface area contributed by atoms with Gasteiger partial charge in [-0.1, -0.05) is 29.8 Å². The Morgan fingerprint density at radius 3 is 2.59 bits per heavy atom. The average Bonchev–Trinajstić information content (AvgIpc) is 2.95. The summed E-state index contributed by atoms with van der Waals surface area (Å²) in [6.45, 7) is 1.94. The van der Waals surface area contributed by atoms with Crippen LogP contribution in [0.1, 0.15) is 12.0 Å². The molecule has 1 heterocycles. The number of carbonyl (C=O) groups excluding carboxylic acids is 3. The van der Waals surface area contributed by atoms with Crippen LogP contribution < -0.4 is 15.0 Å². The van der Waals surface area contributed by atoms with Gasteiger partial charge in [0.1, 0.15) is 5.75 Å². The van der Waals surface area contributed by atoms with E-state index in [-0.39, 0.29) is 29.9 Å². The molecule has 7 heteroatoms. The van der Waals surface area contributed by atoms with E-state index in [0.717, 1.165) is 5.56 Å². The summed E-state index contributed by atoms with van der Waals surface area (Å²) in [5.41, 5.74) is 2.19. The normalized spacial score (nSPS) is 16.5. The number of anilines is 2. The second-order valence-electron chi connectivity index (χ2n) is 6.16. The van der Waals surface area contributed by atoms with Crippen LogP contribution in [0.3, 0.4) is 0 Å². The van der Waals surface area contributed by atoms with E-state index in [1.54, 1.807) is 30.3 Å². The highest BCUT2D eigenvalue weighted by Gasteiger charge is 2.40. The fourth-order valence-electron chi connectivity index (χ4n) is 2.81. The fourth-order valence-corrected chi connectivity index (χ4v) is 3.74. The van der Waals surface area contributed by atoms with E-state index >= 15 is 0 Å². The number of thioether (sulfide) groups is 1. The molecule has 2 aromatic rings. The Balaban J connectivity index is 1.60. The number of rotatable bonds is 6. The van der Waals surface area contributed by atoms with Crippen molar-refractivity contribution in [3.63, 3.8) is 0 Å². The molecule has 3 amide bonds. The second-order valence-corrected chi connectivity index (χ2v) is 7.35. The molecule has 1 N–H and O–H groups in total. The van der Waals surface area contributed by atoms with Crippen molar-refractivity contribution in [1.82, 2.24) is 0 Å². The van der Waals surface area contributed by atoms with Gasteiger partial charge < -0.3 is 10.1 Å². The number of ether oxygens (including phenoxy) is 1. The number of hydrogen-bond donors (Lipinski definition) is 1. The Morgan fingerprint density at radius 1 is 1.19 bits per heavy atom. The van der Waals surface area contributed by atoms with Gasteiger partial charge in [-0.25, -0.2) is 4.90 Å². The van der Waals surface area contributed by atoms with Gasteiger partial charge in [0.15, 0.2) is 0 Å². The maximum atomic E-state index is 12.6. The second kappa shape index (κ2) is 8.26. The highest BCUT2D eigenvalue weighted by molar-refractivity contribution is 8.01. The van der Waals surface area contributed by atoms with Crippen LogP contribution in [-0.2, 0) is 14.4 Å². The molecule has 6 nitrogen and oxygen atoms in total. The van der Waals surface area contributed by atoms with Gasteiger partial charge in [0, 0.05) is 6.42 Å². The highest BCUT2D eigenvalue weighted by atomic mass is 32.2. The maximum Gasteiger partial charge on any atom is 0.247 e. The molecule has 1 aliphatic heterocycles. The third-order valence-electron chi connectivity index (χ3n) is 4.19. The number of hydrogen-bond acceptors (Lipinski definition) is 5. The van der Waals surface area contributed by atoms with Gasteiger partial charge in [0.25, 0.3) is 0 Å². The minimum atomic E-state index is -0.553. The lowest BCUT2D eigenvalue weighted by Gasteiger charge is -2.15. The summed E-state index contributed by atoms with van der Waals surface area (Å²) in [6, 6.07) is 14.3. The predicted octanol–water partition coefficient (Wildman–Crippen LogP) is 3.01. The van der Waals surface area contributed by atoms with Crippen molar-refractivity contribution in [2.24, 2.45) is 0 Å². The van der Waals surface area contributed by atoms with Crippen molar-refractivity contribution in [2.75, 3.05) is 23.1 Å². The molecule has 27 heavy (non-hydrogen) atoms. The molecular formula is C20H20N2O4S. The number of methoxy groups -OCH3 is 1. The van der Waals surface area contributed by atoms with Gasteiger partial charge in [-0.2, -0.15) is 0 Å². The zero-order chi connectivity index (χ0) is 19.4. The smallest absolute Gasteiger partial charge is 0.247 e. The van der Waals surface area contributed by atoms with Crippen molar-refractivity contribution < 1.29 is 19.1 Å². The SMILES string of the molecule is COc1ccccc1NC(=O)CSC1CC(=O)N(c2ccc(C)cc2)C1=O. The number of para-hydroxylation sites is 2. The molecule has 1 saturated heterocycles. The average molecular weight is 384 g/mol. The standard InChI is InChI=1S/C20H20N2O4S/c1-13-7-9-14(10-8-13)22-19(24)11-17(20(22)25)27-12-18(23)21-15-5-3-4-6-16(15)26-2/h3-10,17H,11-12H2,1-2H3,(H,21,23). The number of amides is 3. The van der Waals surface area contributed by atoms with Crippen LogP contribution in [0.2, 0.25) is 0 Å². The van der Waals surface area contributed by atoms with E-state index in [4.69, 9.17) is 4.74 Å². The molecule has 2 aromatic carbocycles. The van der Waals surface area contributed by atoms with Crippen molar-refractivity contribution >= 4 is 40.9 Å². The summed E-state index contributed by atoms with van der Waals surface area (Å²) in [7, 11) is 1.53. The number of nitrogens with one attached hydrogen (secondary N) is 1. The highest BCUT2D eigenvalue weighted by Crippen LogP contribution is 2.30. The summed E-state index contributed by atoms with van der Waals surface area (Å²) >= 11 is 1.17. The molecule has 0 spiro atoms. The van der Waals surface area contributed by atoms with Crippen LogP contribution in [0.4, 0.5) is 11.4 Å². The fraction of sp³-hybridized carbons (Fsp3) is 0.250. The molecule has 1 aliphatic rings. The van der Waals surface area contributed by atoms with Crippen LogP contribution >= 0.6 is 11.8 Å². The van der Waals surface area contributed by atoms with E-state index in [1.165, 1.54) is 23.8 Å². The summed E-state index contributed by atoms with van der Waals surface area (Å²) < 4.78 is 5.20. The first-order valence-corrected chi connectivity index (χ1v) is 9.52. The third-order valence-corrected chi connectivity index (χ3v) is 5.39. The molecule has 1 atom stereocenters. The minimum absolute atomic E-state index is 0.0729. The van der Waals surface area contributed by atoms with Crippen LogP contribution in [-0.4, -0.2) is 35.8 Å². The van der Waals surface area contributed by atoms with Crippen molar-refractivity contribution in [3.8, 4) is 5.75 Å². The number of carbonyl (C=O) groups is 3. The molecule has 0 saturated carbocycles. The van der Waals surface area contributed by atoms with Crippen LogP contribution in [0.5, 0.6) is 5.75 Å². The first-order chi connectivity index (χ1) is 13.0. The van der Waals surface area contributed by atoms with Crippen molar-refractivity contribution in [1.29, 1.82) is 0 Å². The molecule has 0 aromatic heterocycles. The lowest BCUT2D eigenvalue weighted by Crippen LogP contribution is -2.31. The number of nitrogens with zero attached hydrogens (tertiary/aromatic N) is 1. The molecular weight excluding hydrogens is 364 g/mol. The summed E-state index contributed by atoms with van der Waals surface area (Å²) in [5, 5.41) is 2.21. The lowest BCUT2D eigenvalue weighted by molar-refractivity contribution is -0.121. The summed E-state index contributed by atoms with van der Waals surface area (Å²) in [6.07, 6.45) is 0.0965. The minimum Gasteiger partial charge on any atom is -0.495 e. The van der Waals surface area contributed by atoms with Gasteiger partial charge in [0.05, 0.1) is 29.5 Å². The molecule has 1 fully saturated rings. The molecule has 3 rings (SSSR count). The van der Waals surface area contributed by atoms with E-state index in [0.29, 0.717) is 17.1 Å². The first-order valence-electron chi connectivity index (χ1n) is 8.47. The number of benzene rings is 2. The third kappa shape index (κ3) is 4.31. The Hall–Kier alpha value is -2.80. The van der Waals surface area contributed by atoms with E-state index in [2.05, 4.69) is 5.32 Å². The Kier molecular flexibility index (Phi) is 5.81. The van der Waals surface area contributed by atoms with Crippen LogP contribution in [0, 0.1) is 6.92 Å². The van der Waals surface area contributed by atoms with Crippen molar-refractivity contribution in [2.45, 2.75) is 18.6 Å². The Labute approximate surface area is 161 Å². The Morgan fingerprint density at radius 2 is 1.89 bits per heavy atom. The van der Waals surface area contributed by atoms with Gasteiger partial charge in [0.2, 0.25) is 17.7 Å². The van der Waals surface area contributed by atoms with Gasteiger partial charge >= 0.3 is 0 Å². The Bertz CT molecular complexity index is 867.